The van der Waals surface area contributed by atoms with Crippen LogP contribution in [0.4, 0.5) is 9.59 Å². The largest absolute Gasteiger partial charge is 0.444 e. The van der Waals surface area contributed by atoms with Gasteiger partial charge in [-0.2, -0.15) is 0 Å². The van der Waals surface area contributed by atoms with Crippen LogP contribution in [0, 0.1) is 6.92 Å². The fourth-order valence-electron chi connectivity index (χ4n) is 2.33. The number of ether oxygens (including phenoxy) is 2. The summed E-state index contributed by atoms with van der Waals surface area (Å²) in [7, 11) is 3.34. The van der Waals surface area contributed by atoms with Crippen molar-refractivity contribution in [3.8, 4) is 0 Å². The van der Waals surface area contributed by atoms with E-state index in [1.165, 1.54) is 16.2 Å². The lowest BCUT2D eigenvalue weighted by molar-refractivity contribution is 0.0282. The average Bonchev–Trinajstić information content (AvgIpc) is 2.94. The molecular formula is C21H35N3O5S. The molecule has 0 unspecified atom stereocenters. The van der Waals surface area contributed by atoms with Gasteiger partial charge in [0.2, 0.25) is 0 Å². The van der Waals surface area contributed by atoms with Crippen molar-refractivity contribution in [1.29, 1.82) is 0 Å². The zero-order valence-electron chi connectivity index (χ0n) is 19.5. The Morgan fingerprint density at radius 1 is 0.967 bits per heavy atom. The highest BCUT2D eigenvalue weighted by Crippen LogP contribution is 2.23. The van der Waals surface area contributed by atoms with E-state index < -0.39 is 23.4 Å². The minimum atomic E-state index is -0.565. The van der Waals surface area contributed by atoms with Gasteiger partial charge in [-0.1, -0.05) is 0 Å². The Hall–Kier alpha value is -2.29. The minimum Gasteiger partial charge on any atom is -0.444 e. The van der Waals surface area contributed by atoms with Crippen molar-refractivity contribution in [2.45, 2.75) is 66.2 Å². The van der Waals surface area contributed by atoms with Crippen LogP contribution in [0.1, 0.15) is 61.7 Å². The Morgan fingerprint density at radius 2 is 1.50 bits per heavy atom. The van der Waals surface area contributed by atoms with Gasteiger partial charge in [-0.3, -0.25) is 4.79 Å². The summed E-state index contributed by atoms with van der Waals surface area (Å²) < 4.78 is 10.5. The molecule has 0 aliphatic heterocycles. The summed E-state index contributed by atoms with van der Waals surface area (Å²) in [6.07, 6.45) is -0.921. The molecule has 0 bridgehead atoms. The molecule has 30 heavy (non-hydrogen) atoms. The smallest absolute Gasteiger partial charge is 0.410 e. The molecule has 0 aromatic carbocycles. The number of hydrogen-bond donors (Lipinski definition) is 1. The van der Waals surface area contributed by atoms with Crippen LogP contribution in [0.2, 0.25) is 0 Å². The number of carbonyl (C=O) groups is 3. The molecule has 1 aromatic rings. The van der Waals surface area contributed by atoms with Gasteiger partial charge >= 0.3 is 12.2 Å². The summed E-state index contributed by atoms with van der Waals surface area (Å²) in [5, 5.41) is 2.70. The summed E-state index contributed by atoms with van der Waals surface area (Å²) in [6.45, 7) is 13.7. The van der Waals surface area contributed by atoms with Gasteiger partial charge in [0.05, 0.1) is 11.4 Å². The van der Waals surface area contributed by atoms with Gasteiger partial charge in [-0.15, -0.1) is 11.3 Å². The normalized spacial score (nSPS) is 11.6. The van der Waals surface area contributed by atoms with Gasteiger partial charge in [0.15, 0.2) is 0 Å². The number of thiophene rings is 1. The predicted molar refractivity (Wildman–Crippen MR) is 118 cm³/mol. The van der Waals surface area contributed by atoms with Crippen molar-refractivity contribution >= 4 is 29.4 Å². The molecule has 0 fully saturated rings. The van der Waals surface area contributed by atoms with E-state index in [0.29, 0.717) is 24.5 Å². The second kappa shape index (κ2) is 10.1. The molecule has 1 aromatic heterocycles. The first-order valence-electron chi connectivity index (χ1n) is 9.85. The zero-order chi connectivity index (χ0) is 23.3. The molecular weight excluding hydrogens is 406 g/mol. The minimum absolute atomic E-state index is 0.126. The van der Waals surface area contributed by atoms with E-state index in [1.807, 2.05) is 33.8 Å². The van der Waals surface area contributed by atoms with Gasteiger partial charge in [-0.25, -0.2) is 9.59 Å². The van der Waals surface area contributed by atoms with Crippen molar-refractivity contribution in [3.63, 3.8) is 0 Å². The Balaban J connectivity index is 2.62. The van der Waals surface area contributed by atoms with Crippen LogP contribution in [0.5, 0.6) is 0 Å². The lowest BCUT2D eigenvalue weighted by atomic mass is 10.2. The van der Waals surface area contributed by atoms with Gasteiger partial charge in [0.25, 0.3) is 5.91 Å². The van der Waals surface area contributed by atoms with Crippen LogP contribution in [0.15, 0.2) is 6.07 Å². The predicted octanol–water partition coefficient (Wildman–Crippen LogP) is 4.02. The molecule has 8 nitrogen and oxygen atoms in total. The molecule has 0 radical (unpaired) electrons. The highest BCUT2D eigenvalue weighted by atomic mass is 32.1. The lowest BCUT2D eigenvalue weighted by Gasteiger charge is -2.26. The SMILES string of the molecule is Cc1cc(CNC(=O)OC(C)(C)C)sc1C(=O)N(C)CCN(C)C(=O)OC(C)(C)C. The standard InChI is InChI=1S/C21H35N3O5S/c1-14-12-15(13-22-18(26)28-20(2,3)4)30-16(14)17(25)23(8)10-11-24(9)19(27)29-21(5,6)7/h12H,10-11,13H2,1-9H3,(H,22,26). The maximum Gasteiger partial charge on any atom is 0.410 e. The third-order valence-corrected chi connectivity index (χ3v) is 5.02. The van der Waals surface area contributed by atoms with Gasteiger partial charge in [-0.05, 0) is 60.1 Å². The van der Waals surface area contributed by atoms with Crippen LogP contribution >= 0.6 is 11.3 Å². The van der Waals surface area contributed by atoms with Crippen molar-refractivity contribution < 1.29 is 23.9 Å². The molecule has 0 aliphatic carbocycles. The maximum absolute atomic E-state index is 12.8. The van der Waals surface area contributed by atoms with Gasteiger partial charge < -0.3 is 24.6 Å². The number of nitrogens with one attached hydrogen (secondary N) is 1. The Bertz CT molecular complexity index is 762. The number of likely N-dealkylation sites (N-methyl/N-ethyl adjacent to an activating group) is 2. The molecule has 3 amide bonds. The highest BCUT2D eigenvalue weighted by molar-refractivity contribution is 7.14. The molecule has 1 rings (SSSR count). The molecule has 0 aliphatic rings. The summed E-state index contributed by atoms with van der Waals surface area (Å²) in [4.78, 5) is 41.2. The molecule has 170 valence electrons. The highest BCUT2D eigenvalue weighted by Gasteiger charge is 2.22. The summed E-state index contributed by atoms with van der Waals surface area (Å²) in [5.74, 6) is -0.126. The lowest BCUT2D eigenvalue weighted by Crippen LogP contribution is -2.39. The van der Waals surface area contributed by atoms with E-state index in [-0.39, 0.29) is 5.91 Å². The zero-order valence-corrected chi connectivity index (χ0v) is 20.4. The van der Waals surface area contributed by atoms with E-state index in [9.17, 15) is 14.4 Å². The van der Waals surface area contributed by atoms with Crippen LogP contribution in [-0.2, 0) is 16.0 Å². The molecule has 0 saturated carbocycles. The quantitative estimate of drug-likeness (QED) is 0.720. The van der Waals surface area contributed by atoms with Crippen LogP contribution in [0.25, 0.3) is 0 Å². The van der Waals surface area contributed by atoms with Crippen molar-refractivity contribution in [2.24, 2.45) is 0 Å². The van der Waals surface area contributed by atoms with Gasteiger partial charge in [0.1, 0.15) is 11.2 Å². The van der Waals surface area contributed by atoms with E-state index in [4.69, 9.17) is 9.47 Å². The molecule has 0 atom stereocenters. The number of rotatable bonds is 6. The third kappa shape index (κ3) is 9.02. The Kier molecular flexibility index (Phi) is 8.71. The fraction of sp³-hybridized carbons (Fsp3) is 0.667. The Labute approximate surface area is 183 Å². The fourth-order valence-corrected chi connectivity index (χ4v) is 3.43. The molecule has 0 spiro atoms. The summed E-state index contributed by atoms with van der Waals surface area (Å²) >= 11 is 1.34. The van der Waals surface area contributed by atoms with Crippen molar-refractivity contribution in [1.82, 2.24) is 15.1 Å². The monoisotopic (exact) mass is 441 g/mol. The molecule has 9 heteroatoms. The molecule has 0 saturated heterocycles. The first-order valence-corrected chi connectivity index (χ1v) is 10.7. The van der Waals surface area contributed by atoms with Crippen LogP contribution in [-0.4, -0.2) is 66.3 Å². The maximum atomic E-state index is 12.8. The third-order valence-electron chi connectivity index (χ3n) is 3.79. The van der Waals surface area contributed by atoms with Crippen LogP contribution < -0.4 is 5.32 Å². The summed E-state index contributed by atoms with van der Waals surface area (Å²) in [6, 6.07) is 1.88. The molecule has 1 heterocycles. The topological polar surface area (TPSA) is 88.2 Å². The first-order chi connectivity index (χ1) is 13.6. The van der Waals surface area contributed by atoms with Crippen molar-refractivity contribution in [3.05, 3.63) is 21.4 Å². The van der Waals surface area contributed by atoms with Gasteiger partial charge in [0, 0.05) is 32.1 Å². The van der Waals surface area contributed by atoms with E-state index in [0.717, 1.165) is 10.4 Å². The Morgan fingerprint density at radius 3 is 2.03 bits per heavy atom. The number of aryl methyl sites for hydroxylation is 1. The van der Waals surface area contributed by atoms with Crippen molar-refractivity contribution in [2.75, 3.05) is 27.2 Å². The summed E-state index contributed by atoms with van der Waals surface area (Å²) in [5.41, 5.74) is -0.283. The van der Waals surface area contributed by atoms with Crippen LogP contribution in [0.3, 0.4) is 0 Å². The number of alkyl carbamates (subject to hydrolysis) is 1. The second-order valence-corrected chi connectivity index (χ2v) is 10.3. The molecule has 1 N–H and O–H groups in total. The second-order valence-electron chi connectivity index (χ2n) is 9.21. The van der Waals surface area contributed by atoms with E-state index in [2.05, 4.69) is 5.32 Å². The number of carbonyl (C=O) groups excluding carboxylic acids is 3. The van der Waals surface area contributed by atoms with E-state index in [1.54, 1.807) is 39.8 Å². The average molecular weight is 442 g/mol. The number of hydrogen-bond acceptors (Lipinski definition) is 6. The number of amides is 3. The number of nitrogens with zero attached hydrogens (tertiary/aromatic N) is 2. The first kappa shape index (κ1) is 25.7. The van der Waals surface area contributed by atoms with E-state index >= 15 is 0 Å².